The van der Waals surface area contributed by atoms with Crippen LogP contribution in [0.2, 0.25) is 0 Å². The molecule has 0 aliphatic carbocycles. The molecular weight excluding hydrogens is 262 g/mol. The first-order chi connectivity index (χ1) is 9.10. The van der Waals surface area contributed by atoms with E-state index in [4.69, 9.17) is 5.84 Å². The van der Waals surface area contributed by atoms with Crippen molar-refractivity contribution in [1.29, 1.82) is 0 Å². The zero-order valence-electron chi connectivity index (χ0n) is 11.1. The van der Waals surface area contributed by atoms with Gasteiger partial charge in [-0.2, -0.15) is 15.0 Å². The molecule has 0 saturated carbocycles. The molecule has 1 unspecified atom stereocenters. The van der Waals surface area contributed by atoms with E-state index in [1.54, 1.807) is 16.2 Å². The van der Waals surface area contributed by atoms with Crippen LogP contribution in [0.15, 0.2) is 17.5 Å². The molecule has 0 aliphatic heterocycles. The number of anilines is 3. The number of aromatic nitrogens is 3. The summed E-state index contributed by atoms with van der Waals surface area (Å²) in [7, 11) is 3.73. The van der Waals surface area contributed by atoms with E-state index in [0.29, 0.717) is 17.8 Å². The van der Waals surface area contributed by atoms with Crippen molar-refractivity contribution in [2.24, 2.45) is 5.84 Å². The van der Waals surface area contributed by atoms with Crippen LogP contribution in [0, 0.1) is 0 Å². The first kappa shape index (κ1) is 13.5. The Morgan fingerprint density at radius 2 is 2.00 bits per heavy atom. The summed E-state index contributed by atoms with van der Waals surface area (Å²) in [4.78, 5) is 15.7. The van der Waals surface area contributed by atoms with E-state index in [1.165, 1.54) is 4.88 Å². The van der Waals surface area contributed by atoms with Gasteiger partial charge in [0.1, 0.15) is 0 Å². The summed E-state index contributed by atoms with van der Waals surface area (Å²) in [5.41, 5.74) is 2.44. The maximum atomic E-state index is 5.37. The molecule has 0 radical (unpaired) electrons. The number of hydrogen-bond donors (Lipinski definition) is 3. The van der Waals surface area contributed by atoms with Gasteiger partial charge in [0.05, 0.1) is 6.04 Å². The van der Waals surface area contributed by atoms with Crippen molar-refractivity contribution in [3.63, 3.8) is 0 Å². The number of rotatable bonds is 5. The number of hydrazine groups is 1. The molecule has 2 aromatic rings. The molecule has 0 spiro atoms. The molecule has 8 heteroatoms. The number of nitrogen functional groups attached to an aromatic ring is 1. The van der Waals surface area contributed by atoms with E-state index >= 15 is 0 Å². The van der Waals surface area contributed by atoms with Crippen molar-refractivity contribution >= 4 is 29.2 Å². The molecular formula is C11H17N7S. The van der Waals surface area contributed by atoms with Crippen LogP contribution in [0.5, 0.6) is 0 Å². The van der Waals surface area contributed by atoms with Gasteiger partial charge in [0, 0.05) is 19.0 Å². The van der Waals surface area contributed by atoms with Gasteiger partial charge in [-0.1, -0.05) is 6.07 Å². The van der Waals surface area contributed by atoms with E-state index in [0.717, 1.165) is 0 Å². The Kier molecular flexibility index (Phi) is 4.13. The Hall–Kier alpha value is -1.93. The summed E-state index contributed by atoms with van der Waals surface area (Å²) in [6.45, 7) is 2.06. The Bertz CT molecular complexity index is 526. The molecule has 2 aromatic heterocycles. The topological polar surface area (TPSA) is 92.0 Å². The Morgan fingerprint density at radius 1 is 1.26 bits per heavy atom. The van der Waals surface area contributed by atoms with Gasteiger partial charge in [-0.05, 0) is 18.4 Å². The van der Waals surface area contributed by atoms with Crippen molar-refractivity contribution in [1.82, 2.24) is 15.0 Å². The minimum Gasteiger partial charge on any atom is -0.347 e. The minimum atomic E-state index is 0.128. The molecule has 0 saturated heterocycles. The van der Waals surface area contributed by atoms with Crippen molar-refractivity contribution in [2.45, 2.75) is 13.0 Å². The lowest BCUT2D eigenvalue weighted by atomic mass is 10.3. The number of nitrogens with zero attached hydrogens (tertiary/aromatic N) is 4. The van der Waals surface area contributed by atoms with Gasteiger partial charge in [-0.25, -0.2) is 5.84 Å². The summed E-state index contributed by atoms with van der Waals surface area (Å²) in [6, 6.07) is 4.21. The SMILES string of the molecule is CC(Nc1nc(NN)nc(N(C)C)n1)c1cccs1. The van der Waals surface area contributed by atoms with Gasteiger partial charge in [-0.15, -0.1) is 11.3 Å². The van der Waals surface area contributed by atoms with Crippen molar-refractivity contribution < 1.29 is 0 Å². The summed E-state index contributed by atoms with van der Waals surface area (Å²) in [5, 5.41) is 5.28. The van der Waals surface area contributed by atoms with Crippen LogP contribution >= 0.6 is 11.3 Å². The molecule has 7 nitrogen and oxygen atoms in total. The third kappa shape index (κ3) is 3.30. The molecule has 0 bridgehead atoms. The van der Waals surface area contributed by atoms with Crippen molar-refractivity contribution in [3.8, 4) is 0 Å². The summed E-state index contributed by atoms with van der Waals surface area (Å²) in [5.74, 6) is 6.74. The normalized spacial score (nSPS) is 12.0. The zero-order valence-corrected chi connectivity index (χ0v) is 11.9. The van der Waals surface area contributed by atoms with Gasteiger partial charge in [0.15, 0.2) is 0 Å². The second kappa shape index (κ2) is 5.81. The molecule has 2 rings (SSSR count). The summed E-state index contributed by atoms with van der Waals surface area (Å²) >= 11 is 1.69. The average Bonchev–Trinajstić information content (AvgIpc) is 2.92. The van der Waals surface area contributed by atoms with Crippen LogP contribution in [-0.4, -0.2) is 29.0 Å². The van der Waals surface area contributed by atoms with Crippen LogP contribution in [0.4, 0.5) is 17.8 Å². The molecule has 19 heavy (non-hydrogen) atoms. The lowest BCUT2D eigenvalue weighted by Gasteiger charge is -2.15. The van der Waals surface area contributed by atoms with Gasteiger partial charge in [0.2, 0.25) is 17.8 Å². The third-order valence-corrected chi connectivity index (χ3v) is 3.52. The maximum Gasteiger partial charge on any atom is 0.243 e. The van der Waals surface area contributed by atoms with E-state index < -0.39 is 0 Å². The molecule has 0 aliphatic rings. The van der Waals surface area contributed by atoms with Crippen molar-refractivity contribution in [2.75, 3.05) is 29.7 Å². The highest BCUT2D eigenvalue weighted by atomic mass is 32.1. The third-order valence-electron chi connectivity index (χ3n) is 2.47. The highest BCUT2D eigenvalue weighted by molar-refractivity contribution is 7.10. The molecule has 0 aromatic carbocycles. The van der Waals surface area contributed by atoms with Crippen LogP contribution in [0.25, 0.3) is 0 Å². The highest BCUT2D eigenvalue weighted by Gasteiger charge is 2.11. The molecule has 2 heterocycles. The van der Waals surface area contributed by atoms with E-state index in [2.05, 4.69) is 38.7 Å². The maximum absolute atomic E-state index is 5.37. The van der Waals surface area contributed by atoms with E-state index in [-0.39, 0.29) is 6.04 Å². The fourth-order valence-electron chi connectivity index (χ4n) is 1.50. The van der Waals surface area contributed by atoms with Gasteiger partial charge in [0.25, 0.3) is 0 Å². The number of nitrogens with one attached hydrogen (secondary N) is 2. The molecule has 1 atom stereocenters. The Morgan fingerprint density at radius 3 is 2.58 bits per heavy atom. The quantitative estimate of drug-likeness (QED) is 0.563. The van der Waals surface area contributed by atoms with Gasteiger partial charge < -0.3 is 10.2 Å². The second-order valence-corrected chi connectivity index (χ2v) is 5.18. The first-order valence-corrected chi connectivity index (χ1v) is 6.68. The standard InChI is InChI=1S/C11H17N7S/c1-7(8-5-4-6-19-8)13-9-14-10(17-12)16-11(15-9)18(2)3/h4-7H,12H2,1-3H3,(H2,13,14,15,16,17). The van der Waals surface area contributed by atoms with Crippen LogP contribution in [0.3, 0.4) is 0 Å². The van der Waals surface area contributed by atoms with E-state index in [1.807, 2.05) is 25.5 Å². The van der Waals surface area contributed by atoms with Crippen molar-refractivity contribution in [3.05, 3.63) is 22.4 Å². The van der Waals surface area contributed by atoms with Gasteiger partial charge >= 0.3 is 0 Å². The fraction of sp³-hybridized carbons (Fsp3) is 0.364. The average molecular weight is 279 g/mol. The van der Waals surface area contributed by atoms with Gasteiger partial charge in [-0.3, -0.25) is 5.43 Å². The highest BCUT2D eigenvalue weighted by Crippen LogP contribution is 2.22. The van der Waals surface area contributed by atoms with Crippen LogP contribution in [0.1, 0.15) is 17.8 Å². The zero-order chi connectivity index (χ0) is 13.8. The predicted octanol–water partition coefficient (Wildman–Crippen LogP) is 1.46. The molecule has 0 fully saturated rings. The summed E-state index contributed by atoms with van der Waals surface area (Å²) in [6.07, 6.45) is 0. The van der Waals surface area contributed by atoms with Crippen LogP contribution < -0.4 is 21.5 Å². The Balaban J connectivity index is 2.21. The van der Waals surface area contributed by atoms with Crippen LogP contribution in [-0.2, 0) is 0 Å². The molecule has 0 amide bonds. The monoisotopic (exact) mass is 279 g/mol. The fourth-order valence-corrected chi connectivity index (χ4v) is 2.23. The lowest BCUT2D eigenvalue weighted by molar-refractivity contribution is 0.863. The Labute approximate surface area is 115 Å². The summed E-state index contributed by atoms with van der Waals surface area (Å²) < 4.78 is 0. The second-order valence-electron chi connectivity index (χ2n) is 4.20. The number of thiophene rings is 1. The predicted molar refractivity (Wildman–Crippen MR) is 78.3 cm³/mol. The minimum absolute atomic E-state index is 0.128. The smallest absolute Gasteiger partial charge is 0.243 e. The first-order valence-electron chi connectivity index (χ1n) is 5.80. The number of hydrogen-bond acceptors (Lipinski definition) is 8. The molecule has 4 N–H and O–H groups in total. The lowest BCUT2D eigenvalue weighted by Crippen LogP contribution is -2.19. The number of nitrogens with two attached hydrogens (primary N) is 1. The molecule has 102 valence electrons. The van der Waals surface area contributed by atoms with E-state index in [9.17, 15) is 0 Å². The largest absolute Gasteiger partial charge is 0.347 e.